The second kappa shape index (κ2) is 2.02. The highest BCUT2D eigenvalue weighted by Crippen LogP contribution is 2.16. The van der Waals surface area contributed by atoms with E-state index in [1.54, 1.807) is 0 Å². The van der Waals surface area contributed by atoms with Crippen LogP contribution >= 0.6 is 0 Å². The Balaban J connectivity index is 2.42. The molecule has 0 N–H and O–H groups in total. The van der Waals surface area contributed by atoms with E-state index in [0.29, 0.717) is 5.89 Å². The van der Waals surface area contributed by atoms with Crippen molar-refractivity contribution in [2.45, 2.75) is 0 Å². The van der Waals surface area contributed by atoms with E-state index >= 15 is 0 Å². The Labute approximate surface area is 57.2 Å². The monoisotopic (exact) mass is 135 g/mol. The largest absolute Gasteiger partial charge is 0.319 e. The van der Waals surface area contributed by atoms with Crippen LogP contribution in [-0.2, 0) is 0 Å². The highest BCUT2D eigenvalue weighted by atomic mass is 17.0. The maximum Gasteiger partial charge on any atom is 0.319 e. The van der Waals surface area contributed by atoms with Crippen molar-refractivity contribution in [2.24, 2.45) is 0 Å². The van der Waals surface area contributed by atoms with Gasteiger partial charge in [-0.1, -0.05) is 18.2 Å². The normalized spacial score (nSPS) is 10.0. The summed E-state index contributed by atoms with van der Waals surface area (Å²) in [4.78, 5) is 0. The molecule has 50 valence electrons. The van der Waals surface area contributed by atoms with Crippen LogP contribution in [0.1, 0.15) is 0 Å². The molecule has 0 aliphatic heterocycles. The molecule has 0 amide bonds. The van der Waals surface area contributed by atoms with Crippen molar-refractivity contribution in [1.29, 1.82) is 0 Å². The topological polar surface area (TPSA) is 39.2 Å². The molecule has 0 atom stereocenters. The van der Waals surface area contributed by atoms with E-state index in [0.717, 1.165) is 5.56 Å². The van der Waals surface area contributed by atoms with Gasteiger partial charge >= 0.3 is 5.89 Å². The highest BCUT2D eigenvalue weighted by molar-refractivity contribution is 5.51. The first-order chi connectivity index (χ1) is 4.97. The van der Waals surface area contributed by atoms with Gasteiger partial charge < -0.3 is 0 Å². The standard InChI is InChI=1S/C7H5NO2/c1-2-4-6(5-3-1)7-8-10-9-7/h1-5H. The first kappa shape index (κ1) is 5.29. The molecule has 1 aromatic carbocycles. The summed E-state index contributed by atoms with van der Waals surface area (Å²) in [6.45, 7) is 0. The van der Waals surface area contributed by atoms with Gasteiger partial charge in [-0.15, -0.1) is 0 Å². The highest BCUT2D eigenvalue weighted by Gasteiger charge is 2.04. The summed E-state index contributed by atoms with van der Waals surface area (Å²) in [5.74, 6) is 0.542. The smallest absolute Gasteiger partial charge is 0.242 e. The molecule has 2 rings (SSSR count). The molecule has 0 saturated carbocycles. The molecule has 3 nitrogen and oxygen atoms in total. The fraction of sp³-hybridized carbons (Fsp3) is 0. The summed E-state index contributed by atoms with van der Waals surface area (Å²) in [6.07, 6.45) is 0. The lowest BCUT2D eigenvalue weighted by molar-refractivity contribution is -0.0663. The molecule has 10 heavy (non-hydrogen) atoms. The molecule has 0 saturated heterocycles. The maximum absolute atomic E-state index is 4.57. The lowest BCUT2D eigenvalue weighted by Gasteiger charge is -1.94. The zero-order chi connectivity index (χ0) is 6.81. The van der Waals surface area contributed by atoms with Gasteiger partial charge in [0.2, 0.25) is 0 Å². The molecule has 0 radical (unpaired) electrons. The molecule has 0 bridgehead atoms. The van der Waals surface area contributed by atoms with Gasteiger partial charge in [0, 0.05) is 10.7 Å². The minimum absolute atomic E-state index is 0.542. The summed E-state index contributed by atoms with van der Waals surface area (Å²) in [7, 11) is 0. The first-order valence-electron chi connectivity index (χ1n) is 2.94. The van der Waals surface area contributed by atoms with Crippen LogP contribution in [0.4, 0.5) is 0 Å². The Kier molecular flexibility index (Phi) is 1.07. The minimum Gasteiger partial charge on any atom is -0.242 e. The summed E-state index contributed by atoms with van der Waals surface area (Å²) in [5, 5.41) is 3.53. The van der Waals surface area contributed by atoms with Crippen LogP contribution in [0.15, 0.2) is 39.6 Å². The van der Waals surface area contributed by atoms with E-state index in [4.69, 9.17) is 0 Å². The van der Waals surface area contributed by atoms with Crippen molar-refractivity contribution in [3.8, 4) is 11.5 Å². The van der Waals surface area contributed by atoms with Gasteiger partial charge in [-0.25, -0.2) is 4.58 Å². The SMILES string of the molecule is c1ccc(-c2noo2)cc1. The maximum atomic E-state index is 4.57. The number of rotatable bonds is 1. The number of hydrogen-bond acceptors (Lipinski definition) is 3. The number of benzene rings is 1. The summed E-state index contributed by atoms with van der Waals surface area (Å²) < 4.78 is 8.74. The van der Waals surface area contributed by atoms with Crippen LogP contribution in [-0.4, -0.2) is 5.16 Å². The quantitative estimate of drug-likeness (QED) is 0.561. The van der Waals surface area contributed by atoms with Crippen molar-refractivity contribution in [3.63, 3.8) is 0 Å². The molecule has 0 aliphatic rings. The molecule has 0 spiro atoms. The van der Waals surface area contributed by atoms with Gasteiger partial charge in [-0.2, -0.15) is 4.68 Å². The van der Waals surface area contributed by atoms with E-state index in [-0.39, 0.29) is 0 Å². The van der Waals surface area contributed by atoms with Gasteiger partial charge in [0.05, 0.1) is 0 Å². The van der Waals surface area contributed by atoms with E-state index < -0.39 is 0 Å². The Hall–Kier alpha value is -1.51. The summed E-state index contributed by atoms with van der Waals surface area (Å²) in [6, 6.07) is 9.57. The minimum atomic E-state index is 0.542. The van der Waals surface area contributed by atoms with Gasteiger partial charge in [0.1, 0.15) is 0 Å². The van der Waals surface area contributed by atoms with Gasteiger partial charge in [0.15, 0.2) is 0 Å². The average molecular weight is 135 g/mol. The van der Waals surface area contributed by atoms with Crippen LogP contribution in [0.2, 0.25) is 0 Å². The second-order valence-electron chi connectivity index (χ2n) is 1.92. The van der Waals surface area contributed by atoms with Crippen molar-refractivity contribution >= 4 is 0 Å². The van der Waals surface area contributed by atoms with E-state index in [9.17, 15) is 0 Å². The van der Waals surface area contributed by atoms with Gasteiger partial charge in [0.25, 0.3) is 0 Å². The second-order valence-corrected chi connectivity index (χ2v) is 1.92. The zero-order valence-corrected chi connectivity index (χ0v) is 5.15. The molecule has 2 aromatic rings. The summed E-state index contributed by atoms with van der Waals surface area (Å²) >= 11 is 0. The van der Waals surface area contributed by atoms with Crippen LogP contribution < -0.4 is 0 Å². The van der Waals surface area contributed by atoms with Crippen molar-refractivity contribution in [3.05, 3.63) is 30.3 Å². The molecule has 0 unspecified atom stereocenters. The van der Waals surface area contributed by atoms with Crippen molar-refractivity contribution < 1.29 is 9.26 Å². The zero-order valence-electron chi connectivity index (χ0n) is 5.15. The number of hydrogen-bond donors (Lipinski definition) is 0. The van der Waals surface area contributed by atoms with Crippen LogP contribution in [0.3, 0.4) is 0 Å². The van der Waals surface area contributed by atoms with Gasteiger partial charge in [-0.05, 0) is 12.1 Å². The van der Waals surface area contributed by atoms with E-state index in [1.807, 2.05) is 30.3 Å². The van der Waals surface area contributed by atoms with Crippen molar-refractivity contribution in [2.75, 3.05) is 0 Å². The molecule has 1 heterocycles. The molecular weight excluding hydrogens is 130 g/mol. The lowest BCUT2D eigenvalue weighted by Crippen LogP contribution is -1.83. The third-order valence-corrected chi connectivity index (χ3v) is 1.26. The Bertz CT molecular complexity index is 287. The Morgan fingerprint density at radius 1 is 1.10 bits per heavy atom. The number of nitrogens with zero attached hydrogens (tertiary/aromatic N) is 1. The van der Waals surface area contributed by atoms with Gasteiger partial charge in [-0.3, -0.25) is 0 Å². The number of aromatic nitrogens is 1. The van der Waals surface area contributed by atoms with Crippen molar-refractivity contribution in [1.82, 2.24) is 5.16 Å². The predicted molar refractivity (Wildman–Crippen MR) is 34.2 cm³/mol. The fourth-order valence-electron chi connectivity index (χ4n) is 0.756. The molecule has 0 fully saturated rings. The Morgan fingerprint density at radius 3 is 2.30 bits per heavy atom. The lowest BCUT2D eigenvalue weighted by atomic mass is 10.2. The van der Waals surface area contributed by atoms with E-state index in [1.165, 1.54) is 0 Å². The molecule has 3 heteroatoms. The van der Waals surface area contributed by atoms with Crippen LogP contribution in [0.25, 0.3) is 11.5 Å². The van der Waals surface area contributed by atoms with Crippen LogP contribution in [0.5, 0.6) is 0 Å². The Morgan fingerprint density at radius 2 is 1.80 bits per heavy atom. The van der Waals surface area contributed by atoms with E-state index in [2.05, 4.69) is 14.4 Å². The van der Waals surface area contributed by atoms with Crippen LogP contribution in [0, 0.1) is 0 Å². The average Bonchev–Trinajstić information content (AvgIpc) is 1.86. The molecule has 0 aliphatic carbocycles. The fourth-order valence-corrected chi connectivity index (χ4v) is 0.756. The third-order valence-electron chi connectivity index (χ3n) is 1.26. The predicted octanol–water partition coefficient (Wildman–Crippen LogP) is 1.93. The molecule has 1 aromatic heterocycles. The third kappa shape index (κ3) is 0.719. The first-order valence-corrected chi connectivity index (χ1v) is 2.94. The summed E-state index contributed by atoms with van der Waals surface area (Å²) in [5.41, 5.74) is 0.939. The molecular formula is C7H5NO2.